The van der Waals surface area contributed by atoms with Crippen LogP contribution < -0.4 is 0 Å². The van der Waals surface area contributed by atoms with Gasteiger partial charge in [0.15, 0.2) is 0 Å². The van der Waals surface area contributed by atoms with Gasteiger partial charge >= 0.3 is 39.7 Å². The molecule has 6 heteroatoms. The molecule has 7 heavy (non-hydrogen) atoms. The van der Waals surface area contributed by atoms with Gasteiger partial charge in [-0.2, -0.15) is 8.42 Å². The molecular weight excluding hydrogens is 131 g/mol. The number of carbonyl (C=O) groups is 1. The van der Waals surface area contributed by atoms with Crippen molar-refractivity contribution in [1.29, 1.82) is 0 Å². The van der Waals surface area contributed by atoms with E-state index in [1.54, 1.807) is 0 Å². The van der Waals surface area contributed by atoms with Crippen LogP contribution in [0.15, 0.2) is 0 Å². The summed E-state index contributed by atoms with van der Waals surface area (Å²) in [6.07, 6.45) is 0. The van der Waals surface area contributed by atoms with Crippen LogP contribution in [0, 0.1) is 0 Å². The van der Waals surface area contributed by atoms with Crippen molar-refractivity contribution in [2.24, 2.45) is 0 Å². The summed E-state index contributed by atoms with van der Waals surface area (Å²) < 4.78 is 25.8. The third kappa shape index (κ3) is 10.8. The molecule has 0 aromatic rings. The molecule has 0 radical (unpaired) electrons. The first-order valence-electron chi connectivity index (χ1n) is 0.987. The Morgan fingerprint density at radius 2 is 1.57 bits per heavy atom. The van der Waals surface area contributed by atoms with Crippen LogP contribution in [0.2, 0.25) is 0 Å². The fraction of sp³-hybridized carbons (Fsp3) is 0. The van der Waals surface area contributed by atoms with E-state index in [2.05, 4.69) is 0 Å². The molecule has 0 unspecified atom stereocenters. The van der Waals surface area contributed by atoms with Crippen molar-refractivity contribution in [3.63, 3.8) is 0 Å². The summed E-state index contributed by atoms with van der Waals surface area (Å²) in [5.74, 6) is 0. The van der Waals surface area contributed by atoms with Crippen molar-refractivity contribution >= 4 is 45.3 Å². The molecule has 4 nitrogen and oxygen atoms in total. The Morgan fingerprint density at radius 3 is 1.57 bits per heavy atom. The topological polar surface area (TPSA) is 71.4 Å². The van der Waals surface area contributed by atoms with Crippen LogP contribution in [0.4, 0.5) is 0 Å². The van der Waals surface area contributed by atoms with Gasteiger partial charge in [-0.3, -0.25) is 9.35 Å². The molecule has 0 aliphatic heterocycles. The summed E-state index contributed by atoms with van der Waals surface area (Å²) in [4.78, 5) is 8.99. The second kappa shape index (κ2) is 3.57. The molecule has 0 heterocycles. The number of hydrogen-bond donors (Lipinski definition) is 1. The summed E-state index contributed by atoms with van der Waals surface area (Å²) in [7, 11) is -4.34. The molecule has 0 aliphatic rings. The summed E-state index contributed by atoms with van der Waals surface area (Å²) in [6.45, 7) is 0. The number of hydrogen-bond acceptors (Lipinski definition) is 3. The van der Waals surface area contributed by atoms with E-state index in [1.165, 1.54) is 0 Å². The molecule has 0 saturated heterocycles. The van der Waals surface area contributed by atoms with Gasteiger partial charge in [-0.05, 0) is 0 Å². The average Bonchev–Trinajstić information content (AvgIpc) is 1.35. The second-order valence-electron chi connectivity index (χ2n) is 0.611. The molecule has 0 spiro atoms. The molecule has 0 bridgehead atoms. The minimum atomic E-state index is -4.34. The monoisotopic (exact) mass is 134 g/mol. The molecule has 0 saturated carbocycles. The Bertz CT molecular complexity index is 122. The van der Waals surface area contributed by atoms with Crippen LogP contribution in [-0.4, -0.2) is 48.1 Å². The predicted molar refractivity (Wildman–Crippen MR) is 25.4 cm³/mol. The molecule has 38 valence electrons. The molecule has 0 aromatic heterocycles. The zero-order chi connectivity index (χ0) is 5.21. The SMILES string of the molecule is O=CS(=O)(=O)O.[NaH]. The van der Waals surface area contributed by atoms with Crippen molar-refractivity contribution in [3.8, 4) is 0 Å². The van der Waals surface area contributed by atoms with Gasteiger partial charge < -0.3 is 0 Å². The van der Waals surface area contributed by atoms with Crippen LogP contribution in [0.1, 0.15) is 0 Å². The fourth-order valence-electron chi connectivity index (χ4n) is 0. The van der Waals surface area contributed by atoms with E-state index in [-0.39, 0.29) is 29.6 Å². The van der Waals surface area contributed by atoms with E-state index >= 15 is 0 Å². The van der Waals surface area contributed by atoms with Gasteiger partial charge in [-0.15, -0.1) is 0 Å². The van der Waals surface area contributed by atoms with Gasteiger partial charge in [-0.1, -0.05) is 0 Å². The van der Waals surface area contributed by atoms with Crippen LogP contribution >= 0.6 is 0 Å². The first-order valence-corrected chi connectivity index (χ1v) is 2.49. The third-order valence-electron chi connectivity index (χ3n) is 0.122. The van der Waals surface area contributed by atoms with Crippen molar-refractivity contribution in [2.45, 2.75) is 0 Å². The first-order chi connectivity index (χ1) is 2.56. The van der Waals surface area contributed by atoms with Gasteiger partial charge in [-0.25, -0.2) is 0 Å². The van der Waals surface area contributed by atoms with E-state index in [4.69, 9.17) is 9.35 Å². The van der Waals surface area contributed by atoms with Crippen molar-refractivity contribution in [1.82, 2.24) is 0 Å². The molecule has 0 aromatic carbocycles. The van der Waals surface area contributed by atoms with Crippen molar-refractivity contribution in [2.75, 3.05) is 0 Å². The Labute approximate surface area is 62.9 Å². The normalized spacial score (nSPS) is 9.29. The van der Waals surface area contributed by atoms with Crippen LogP contribution in [0.3, 0.4) is 0 Å². The van der Waals surface area contributed by atoms with E-state index in [0.29, 0.717) is 0 Å². The van der Waals surface area contributed by atoms with E-state index < -0.39 is 15.7 Å². The molecule has 0 fully saturated rings. The predicted octanol–water partition coefficient (Wildman–Crippen LogP) is -1.58. The third-order valence-corrected chi connectivity index (χ3v) is 0.365. The Morgan fingerprint density at radius 1 is 1.43 bits per heavy atom. The zero-order valence-corrected chi connectivity index (χ0v) is 3.47. The quantitative estimate of drug-likeness (QED) is 0.267. The standard InChI is InChI=1S/CH2O4S.Na.H/c2-1-6(3,4)5;;/h1H,(H,3,4,5);;. The van der Waals surface area contributed by atoms with Crippen LogP contribution in [-0.2, 0) is 14.9 Å². The van der Waals surface area contributed by atoms with E-state index in [1.807, 2.05) is 0 Å². The molecule has 0 amide bonds. The Kier molecular flexibility index (Phi) is 5.37. The minimum absolute atomic E-state index is 0. The average molecular weight is 134 g/mol. The summed E-state index contributed by atoms with van der Waals surface area (Å²) >= 11 is 0. The van der Waals surface area contributed by atoms with Crippen LogP contribution in [0.5, 0.6) is 0 Å². The molecule has 0 aliphatic carbocycles. The van der Waals surface area contributed by atoms with Crippen molar-refractivity contribution in [3.05, 3.63) is 0 Å². The van der Waals surface area contributed by atoms with Crippen molar-refractivity contribution < 1.29 is 17.8 Å². The summed E-state index contributed by atoms with van der Waals surface area (Å²) in [6, 6.07) is 0. The fourth-order valence-corrected chi connectivity index (χ4v) is 0. The maximum absolute atomic E-state index is 9.19. The zero-order valence-electron chi connectivity index (χ0n) is 2.66. The number of carbonyl (C=O) groups excluding carboxylic acids is 1. The van der Waals surface area contributed by atoms with Gasteiger partial charge in [0, 0.05) is 0 Å². The van der Waals surface area contributed by atoms with Gasteiger partial charge in [0.2, 0.25) is 0 Å². The maximum atomic E-state index is 9.19. The Hall–Kier alpha value is 0.580. The second-order valence-corrected chi connectivity index (χ2v) is 1.83. The molecule has 1 N–H and O–H groups in total. The van der Waals surface area contributed by atoms with Gasteiger partial charge in [0.1, 0.15) is 0 Å². The van der Waals surface area contributed by atoms with E-state index in [0.717, 1.165) is 0 Å². The molecule has 0 atom stereocenters. The summed E-state index contributed by atoms with van der Waals surface area (Å²) in [5.41, 5.74) is -0.535. The summed E-state index contributed by atoms with van der Waals surface area (Å²) in [5, 5.41) is 0. The van der Waals surface area contributed by atoms with E-state index in [9.17, 15) is 8.42 Å². The Balaban J connectivity index is 0. The first kappa shape index (κ1) is 10.5. The number of rotatable bonds is 1. The van der Waals surface area contributed by atoms with Gasteiger partial charge in [0.25, 0.3) is 5.62 Å². The van der Waals surface area contributed by atoms with Crippen LogP contribution in [0.25, 0.3) is 0 Å². The van der Waals surface area contributed by atoms with Gasteiger partial charge in [0.05, 0.1) is 0 Å². The molecule has 0 rings (SSSR count). The molecular formula is CH3NaO4S.